The van der Waals surface area contributed by atoms with Crippen molar-refractivity contribution in [2.24, 2.45) is 40.9 Å². The number of hydrogen-bond donors (Lipinski definition) is 0. The zero-order valence-corrected chi connectivity index (χ0v) is 25.1. The standard InChI is InChI=1S/C34H66/c1-9-11-12-13-14-15-16-17-21-29(5)22-18-19-24-31(7)33-26-32(33)25-20-23-30(6)27-34(8,10-2)28(3)4/h14-15,28-33H,9-13,16-27H2,1-8H3. The van der Waals surface area contributed by atoms with Gasteiger partial charge in [0.25, 0.3) is 0 Å². The maximum atomic E-state index is 2.55. The minimum Gasteiger partial charge on any atom is -0.0885 e. The second-order valence-electron chi connectivity index (χ2n) is 13.3. The molecule has 202 valence electrons. The van der Waals surface area contributed by atoms with Gasteiger partial charge in [0.1, 0.15) is 0 Å². The Kier molecular flexibility index (Phi) is 16.9. The molecule has 1 fully saturated rings. The van der Waals surface area contributed by atoms with Crippen molar-refractivity contribution in [3.05, 3.63) is 12.2 Å². The van der Waals surface area contributed by atoms with Crippen molar-refractivity contribution in [1.29, 1.82) is 0 Å². The maximum Gasteiger partial charge on any atom is -0.0303 e. The van der Waals surface area contributed by atoms with Crippen LogP contribution < -0.4 is 0 Å². The number of allylic oxidation sites excluding steroid dienone is 2. The van der Waals surface area contributed by atoms with Crippen LogP contribution in [-0.4, -0.2) is 0 Å². The normalized spacial score (nSPS) is 22.7. The topological polar surface area (TPSA) is 0 Å². The second kappa shape index (κ2) is 18.1. The Hall–Kier alpha value is -0.260. The average Bonchev–Trinajstić information content (AvgIpc) is 3.57. The highest BCUT2D eigenvalue weighted by molar-refractivity contribution is 4.90. The molecular formula is C34H66. The first-order valence-corrected chi connectivity index (χ1v) is 15.9. The Labute approximate surface area is 217 Å². The van der Waals surface area contributed by atoms with Gasteiger partial charge in [-0.15, -0.1) is 0 Å². The summed E-state index contributed by atoms with van der Waals surface area (Å²) < 4.78 is 0. The van der Waals surface area contributed by atoms with E-state index in [0.717, 1.165) is 35.5 Å². The van der Waals surface area contributed by atoms with Gasteiger partial charge in [0, 0.05) is 0 Å². The summed E-state index contributed by atoms with van der Waals surface area (Å²) in [5, 5.41) is 0. The quantitative estimate of drug-likeness (QED) is 0.108. The van der Waals surface area contributed by atoms with Crippen LogP contribution in [0, 0.1) is 40.9 Å². The fourth-order valence-corrected chi connectivity index (χ4v) is 6.36. The summed E-state index contributed by atoms with van der Waals surface area (Å²) in [6.45, 7) is 19.6. The van der Waals surface area contributed by atoms with Crippen molar-refractivity contribution >= 4 is 0 Å². The molecule has 0 aliphatic heterocycles. The molecule has 0 aromatic rings. The molecule has 0 aromatic heterocycles. The molecular weight excluding hydrogens is 408 g/mol. The van der Waals surface area contributed by atoms with Gasteiger partial charge >= 0.3 is 0 Å². The van der Waals surface area contributed by atoms with Crippen LogP contribution in [0.15, 0.2) is 12.2 Å². The van der Waals surface area contributed by atoms with Crippen LogP contribution in [-0.2, 0) is 0 Å². The predicted molar refractivity (Wildman–Crippen MR) is 156 cm³/mol. The minimum atomic E-state index is 0.540. The fraction of sp³-hybridized carbons (Fsp3) is 0.941. The summed E-state index contributed by atoms with van der Waals surface area (Å²) in [6.07, 6.45) is 28.9. The van der Waals surface area contributed by atoms with Gasteiger partial charge in [0.05, 0.1) is 0 Å². The number of unbranched alkanes of at least 4 members (excludes halogenated alkanes) is 5. The molecule has 1 saturated carbocycles. The van der Waals surface area contributed by atoms with Crippen molar-refractivity contribution in [2.75, 3.05) is 0 Å². The van der Waals surface area contributed by atoms with Gasteiger partial charge in [-0.25, -0.2) is 0 Å². The molecule has 34 heavy (non-hydrogen) atoms. The lowest BCUT2D eigenvalue weighted by atomic mass is 9.70. The third-order valence-electron chi connectivity index (χ3n) is 9.81. The van der Waals surface area contributed by atoms with Gasteiger partial charge in [0.2, 0.25) is 0 Å². The molecule has 0 spiro atoms. The number of rotatable bonds is 22. The summed E-state index contributed by atoms with van der Waals surface area (Å²) in [4.78, 5) is 0. The molecule has 6 unspecified atom stereocenters. The van der Waals surface area contributed by atoms with E-state index in [2.05, 4.69) is 67.5 Å². The predicted octanol–water partition coefficient (Wildman–Crippen LogP) is 12.0. The first-order valence-electron chi connectivity index (χ1n) is 15.9. The van der Waals surface area contributed by atoms with Crippen molar-refractivity contribution < 1.29 is 0 Å². The largest absolute Gasteiger partial charge is 0.0885 e. The molecule has 0 nitrogen and oxygen atoms in total. The number of hydrogen-bond acceptors (Lipinski definition) is 0. The first kappa shape index (κ1) is 31.8. The molecule has 0 amide bonds. The molecule has 1 aliphatic rings. The third kappa shape index (κ3) is 13.7. The zero-order chi connectivity index (χ0) is 25.4. The summed E-state index contributed by atoms with van der Waals surface area (Å²) in [5.74, 6) is 5.72. The van der Waals surface area contributed by atoms with Crippen molar-refractivity contribution in [3.8, 4) is 0 Å². The summed E-state index contributed by atoms with van der Waals surface area (Å²) in [6, 6.07) is 0. The van der Waals surface area contributed by atoms with Crippen LogP contribution >= 0.6 is 0 Å². The molecule has 0 heteroatoms. The van der Waals surface area contributed by atoms with Gasteiger partial charge in [-0.3, -0.25) is 0 Å². The highest BCUT2D eigenvalue weighted by Gasteiger charge is 2.39. The molecule has 0 saturated heterocycles. The zero-order valence-electron chi connectivity index (χ0n) is 25.1. The fourth-order valence-electron chi connectivity index (χ4n) is 6.36. The van der Waals surface area contributed by atoms with E-state index in [0.29, 0.717) is 5.41 Å². The van der Waals surface area contributed by atoms with Gasteiger partial charge in [0.15, 0.2) is 0 Å². The highest BCUT2D eigenvalue weighted by Crippen LogP contribution is 2.49. The Balaban J connectivity index is 2.03. The van der Waals surface area contributed by atoms with Gasteiger partial charge in [-0.2, -0.15) is 0 Å². The van der Waals surface area contributed by atoms with E-state index in [1.807, 2.05) is 0 Å². The molecule has 6 atom stereocenters. The van der Waals surface area contributed by atoms with Crippen molar-refractivity contribution in [3.63, 3.8) is 0 Å². The lowest BCUT2D eigenvalue weighted by molar-refractivity contribution is 0.155. The van der Waals surface area contributed by atoms with Crippen molar-refractivity contribution in [1.82, 2.24) is 0 Å². The monoisotopic (exact) mass is 475 g/mol. The molecule has 0 bridgehead atoms. The summed E-state index contributed by atoms with van der Waals surface area (Å²) >= 11 is 0. The Bertz CT molecular complexity index is 502. The van der Waals surface area contributed by atoms with E-state index < -0.39 is 0 Å². The van der Waals surface area contributed by atoms with E-state index >= 15 is 0 Å². The average molecular weight is 475 g/mol. The molecule has 0 N–H and O–H groups in total. The van der Waals surface area contributed by atoms with E-state index in [4.69, 9.17) is 0 Å². The molecule has 1 rings (SSSR count). The second-order valence-corrected chi connectivity index (χ2v) is 13.3. The highest BCUT2D eigenvalue weighted by atomic mass is 14.4. The van der Waals surface area contributed by atoms with Crippen LogP contribution in [0.4, 0.5) is 0 Å². The van der Waals surface area contributed by atoms with Gasteiger partial charge in [-0.1, -0.05) is 138 Å². The molecule has 0 heterocycles. The molecule has 1 aliphatic carbocycles. The Morgan fingerprint density at radius 3 is 2.00 bits per heavy atom. The van der Waals surface area contributed by atoms with Crippen LogP contribution in [0.2, 0.25) is 0 Å². The third-order valence-corrected chi connectivity index (χ3v) is 9.81. The minimum absolute atomic E-state index is 0.540. The van der Waals surface area contributed by atoms with Crippen LogP contribution in [0.5, 0.6) is 0 Å². The van der Waals surface area contributed by atoms with Crippen LogP contribution in [0.25, 0.3) is 0 Å². The Morgan fingerprint density at radius 2 is 1.35 bits per heavy atom. The SMILES string of the molecule is CCCCCC=CCCCC(C)CCCCC(C)C1CC1CCCC(C)CC(C)(CC)C(C)C. The maximum absolute atomic E-state index is 2.55. The molecule has 0 radical (unpaired) electrons. The van der Waals surface area contributed by atoms with Gasteiger partial charge < -0.3 is 0 Å². The summed E-state index contributed by atoms with van der Waals surface area (Å²) in [7, 11) is 0. The lowest BCUT2D eigenvalue weighted by Gasteiger charge is -2.35. The first-order chi connectivity index (χ1) is 16.2. The Morgan fingerprint density at radius 1 is 0.735 bits per heavy atom. The van der Waals surface area contributed by atoms with E-state index in [-0.39, 0.29) is 0 Å². The van der Waals surface area contributed by atoms with E-state index in [9.17, 15) is 0 Å². The summed E-state index contributed by atoms with van der Waals surface area (Å²) in [5.41, 5.74) is 0.540. The smallest absolute Gasteiger partial charge is 0.0303 e. The van der Waals surface area contributed by atoms with E-state index in [1.165, 1.54) is 109 Å². The van der Waals surface area contributed by atoms with Crippen LogP contribution in [0.3, 0.4) is 0 Å². The van der Waals surface area contributed by atoms with Gasteiger partial charge in [-0.05, 0) is 79.4 Å². The van der Waals surface area contributed by atoms with Crippen molar-refractivity contribution in [2.45, 2.75) is 165 Å². The van der Waals surface area contributed by atoms with Crippen LogP contribution in [0.1, 0.15) is 165 Å². The lowest BCUT2D eigenvalue weighted by Crippen LogP contribution is -2.25. The van der Waals surface area contributed by atoms with E-state index in [1.54, 1.807) is 0 Å². The molecule has 0 aromatic carbocycles.